The van der Waals surface area contributed by atoms with Gasteiger partial charge in [0, 0.05) is 24.4 Å². The normalized spacial score (nSPS) is 16.2. The first kappa shape index (κ1) is 21.4. The summed E-state index contributed by atoms with van der Waals surface area (Å²) in [6.07, 6.45) is 1.82. The number of carboxylic acids is 1. The van der Waals surface area contributed by atoms with Crippen LogP contribution in [0.15, 0.2) is 64.9 Å². The van der Waals surface area contributed by atoms with Gasteiger partial charge in [0.15, 0.2) is 0 Å². The molecule has 3 N–H and O–H groups in total. The van der Waals surface area contributed by atoms with Crippen LogP contribution in [0.25, 0.3) is 11.3 Å². The number of nitrogens with zero attached hydrogens (tertiary/aromatic N) is 3. The average Bonchev–Trinajstić information content (AvgIpc) is 3.16. The summed E-state index contributed by atoms with van der Waals surface area (Å²) >= 11 is 0. The summed E-state index contributed by atoms with van der Waals surface area (Å²) in [7, 11) is 0. The number of para-hydroxylation sites is 1. The predicted molar refractivity (Wildman–Crippen MR) is 130 cm³/mol. The first-order chi connectivity index (χ1) is 16.4. The van der Waals surface area contributed by atoms with Crippen molar-refractivity contribution >= 4 is 40.4 Å². The summed E-state index contributed by atoms with van der Waals surface area (Å²) in [5, 5.41) is 14.7. The molecule has 1 amide bonds. The third-order valence-corrected chi connectivity index (χ3v) is 6.06. The Morgan fingerprint density at radius 1 is 1.15 bits per heavy atom. The lowest BCUT2D eigenvalue weighted by Crippen LogP contribution is -2.31. The summed E-state index contributed by atoms with van der Waals surface area (Å²) in [6, 6.07) is 14.7. The minimum Gasteiger partial charge on any atom is -0.481 e. The van der Waals surface area contributed by atoms with Crippen LogP contribution in [0.4, 0.5) is 17.2 Å². The lowest BCUT2D eigenvalue weighted by molar-refractivity contribution is -0.136. The molecule has 0 bridgehead atoms. The number of nitrogens with one attached hydrogen (secondary N) is 2. The van der Waals surface area contributed by atoms with E-state index in [2.05, 4.69) is 26.9 Å². The van der Waals surface area contributed by atoms with E-state index in [1.807, 2.05) is 30.3 Å². The Labute approximate surface area is 195 Å². The van der Waals surface area contributed by atoms with Crippen molar-refractivity contribution in [2.75, 3.05) is 23.3 Å². The molecule has 0 fully saturated rings. The first-order valence-corrected chi connectivity index (χ1v) is 11.0. The smallest absolute Gasteiger partial charge is 0.305 e. The van der Waals surface area contributed by atoms with E-state index in [1.54, 1.807) is 18.2 Å². The highest BCUT2D eigenvalue weighted by molar-refractivity contribution is 6.60. The fraction of sp³-hybridized carbons (Fsp3) is 0.200. The number of aliphatic carboxylic acids is 1. The number of amides is 1. The number of benzene rings is 2. The maximum atomic E-state index is 13.1. The summed E-state index contributed by atoms with van der Waals surface area (Å²) in [5.41, 5.74) is 3.56. The molecule has 2 aliphatic heterocycles. The molecular weight excluding hydrogens is 434 g/mol. The largest absolute Gasteiger partial charge is 0.481 e. The third-order valence-electron chi connectivity index (χ3n) is 6.06. The number of hydrogen-bond acceptors (Lipinski definition) is 5. The molecule has 1 aromatic heterocycles. The Hall–Kier alpha value is -4.40. The van der Waals surface area contributed by atoms with Gasteiger partial charge in [-0.2, -0.15) is 0 Å². The second-order valence-corrected chi connectivity index (χ2v) is 8.28. The molecule has 0 unspecified atom stereocenters. The van der Waals surface area contributed by atoms with E-state index < -0.39 is 11.9 Å². The molecule has 9 heteroatoms. The molecule has 3 aromatic rings. The molecule has 0 aliphatic carbocycles. The van der Waals surface area contributed by atoms with Gasteiger partial charge < -0.3 is 15.3 Å². The van der Waals surface area contributed by atoms with Crippen molar-refractivity contribution in [3.63, 3.8) is 0 Å². The fourth-order valence-electron chi connectivity index (χ4n) is 4.44. The summed E-state index contributed by atoms with van der Waals surface area (Å²) in [5.74, 6) is -0.977. The molecule has 3 heterocycles. The van der Waals surface area contributed by atoms with Crippen molar-refractivity contribution in [2.45, 2.75) is 19.3 Å². The minimum absolute atomic E-state index is 0.0724. The molecule has 0 saturated heterocycles. The SMILES string of the molecule is C=C1C(=Nc2ccc3c(c2)CCCN3CCC(=O)O)C(=O)Nc2[nH]n(-c3ccccc3)c(=O)c21. The maximum Gasteiger partial charge on any atom is 0.305 e. The minimum atomic E-state index is -0.826. The van der Waals surface area contributed by atoms with Crippen molar-refractivity contribution in [2.24, 2.45) is 4.99 Å². The topological polar surface area (TPSA) is 120 Å². The number of aryl methyl sites for hydroxylation is 1. The second-order valence-electron chi connectivity index (χ2n) is 8.28. The molecule has 0 spiro atoms. The van der Waals surface area contributed by atoms with Crippen molar-refractivity contribution in [1.29, 1.82) is 0 Å². The zero-order chi connectivity index (χ0) is 23.8. The van der Waals surface area contributed by atoms with E-state index >= 15 is 0 Å². The molecule has 5 rings (SSSR count). The number of rotatable bonds is 5. The standard InChI is InChI=1S/C25H23N5O4/c1-15-21-23(28-30(25(21)34)18-7-3-2-4-8-18)27-24(33)22(15)26-17-9-10-19-16(14-17)6-5-12-29(19)13-11-20(31)32/h2-4,7-10,14,28H,1,5-6,11-13H2,(H,27,33)(H,31,32). The van der Waals surface area contributed by atoms with Crippen LogP contribution in [0.1, 0.15) is 24.0 Å². The van der Waals surface area contributed by atoms with Crippen molar-refractivity contribution in [1.82, 2.24) is 9.78 Å². The van der Waals surface area contributed by atoms with Crippen LogP contribution in [-0.4, -0.2) is 45.6 Å². The molecule has 0 saturated carbocycles. The summed E-state index contributed by atoms with van der Waals surface area (Å²) < 4.78 is 1.36. The molecule has 0 radical (unpaired) electrons. The van der Waals surface area contributed by atoms with E-state index in [4.69, 9.17) is 5.11 Å². The monoisotopic (exact) mass is 457 g/mol. The van der Waals surface area contributed by atoms with Crippen LogP contribution in [0, 0.1) is 0 Å². The lowest BCUT2D eigenvalue weighted by atomic mass is 9.99. The van der Waals surface area contributed by atoms with Crippen LogP contribution in [0.3, 0.4) is 0 Å². The van der Waals surface area contributed by atoms with Gasteiger partial charge in [-0.1, -0.05) is 24.8 Å². The molecule has 0 atom stereocenters. The van der Waals surface area contributed by atoms with E-state index in [0.29, 0.717) is 23.7 Å². The number of H-pyrrole nitrogens is 1. The number of aromatic amines is 1. The predicted octanol–water partition coefficient (Wildman–Crippen LogP) is 3.13. The molecular formula is C25H23N5O4. The summed E-state index contributed by atoms with van der Waals surface area (Å²) in [6.45, 7) is 5.25. The molecule has 2 aromatic carbocycles. The number of carboxylic acid groups (broad SMARTS) is 1. The van der Waals surface area contributed by atoms with E-state index in [0.717, 1.165) is 30.6 Å². The number of aliphatic imine (C=N–C) groups is 1. The van der Waals surface area contributed by atoms with Crippen LogP contribution in [0.2, 0.25) is 0 Å². The molecule has 34 heavy (non-hydrogen) atoms. The van der Waals surface area contributed by atoms with Crippen LogP contribution >= 0.6 is 0 Å². The Balaban J connectivity index is 1.47. The van der Waals surface area contributed by atoms with Gasteiger partial charge >= 0.3 is 5.97 Å². The van der Waals surface area contributed by atoms with Crippen molar-refractivity contribution < 1.29 is 14.7 Å². The zero-order valence-corrected chi connectivity index (χ0v) is 18.4. The number of fused-ring (bicyclic) bond motifs is 2. The first-order valence-electron chi connectivity index (χ1n) is 11.0. The number of carbonyl (C=O) groups is 2. The third kappa shape index (κ3) is 3.81. The highest BCUT2D eigenvalue weighted by Gasteiger charge is 2.31. The molecule has 9 nitrogen and oxygen atoms in total. The van der Waals surface area contributed by atoms with Gasteiger partial charge in [-0.15, -0.1) is 0 Å². The summed E-state index contributed by atoms with van der Waals surface area (Å²) in [4.78, 5) is 43.5. The van der Waals surface area contributed by atoms with Gasteiger partial charge in [-0.05, 0) is 48.7 Å². The maximum absolute atomic E-state index is 13.1. The Morgan fingerprint density at radius 3 is 2.71 bits per heavy atom. The Bertz CT molecular complexity index is 1400. The lowest BCUT2D eigenvalue weighted by Gasteiger charge is -2.31. The van der Waals surface area contributed by atoms with E-state index in [9.17, 15) is 14.4 Å². The van der Waals surface area contributed by atoms with Crippen LogP contribution < -0.4 is 15.8 Å². The average molecular weight is 457 g/mol. The number of hydrogen-bond donors (Lipinski definition) is 3. The number of aromatic nitrogens is 2. The van der Waals surface area contributed by atoms with Gasteiger partial charge in [0.05, 0.1) is 23.4 Å². The van der Waals surface area contributed by atoms with Crippen LogP contribution in [0.5, 0.6) is 0 Å². The van der Waals surface area contributed by atoms with E-state index in [-0.39, 0.29) is 28.8 Å². The van der Waals surface area contributed by atoms with Gasteiger partial charge in [-0.3, -0.25) is 19.5 Å². The number of carbonyl (C=O) groups excluding carboxylic acids is 1. The fourth-order valence-corrected chi connectivity index (χ4v) is 4.44. The Morgan fingerprint density at radius 2 is 1.94 bits per heavy atom. The molecule has 2 aliphatic rings. The number of anilines is 2. The van der Waals surface area contributed by atoms with Crippen LogP contribution in [-0.2, 0) is 16.0 Å². The van der Waals surface area contributed by atoms with Gasteiger partial charge in [-0.25, -0.2) is 9.67 Å². The zero-order valence-electron chi connectivity index (χ0n) is 18.4. The molecule has 172 valence electrons. The van der Waals surface area contributed by atoms with Gasteiger partial charge in [0.25, 0.3) is 11.5 Å². The van der Waals surface area contributed by atoms with E-state index in [1.165, 1.54) is 4.68 Å². The van der Waals surface area contributed by atoms with Gasteiger partial charge in [0.2, 0.25) is 0 Å². The van der Waals surface area contributed by atoms with Crippen molar-refractivity contribution in [3.05, 3.63) is 76.6 Å². The highest BCUT2D eigenvalue weighted by atomic mass is 16.4. The highest BCUT2D eigenvalue weighted by Crippen LogP contribution is 2.32. The second kappa shape index (κ2) is 8.51. The Kier molecular flexibility index (Phi) is 5.37. The quantitative estimate of drug-likeness (QED) is 0.544. The van der Waals surface area contributed by atoms with Gasteiger partial charge in [0.1, 0.15) is 11.5 Å². The van der Waals surface area contributed by atoms with Crippen molar-refractivity contribution in [3.8, 4) is 5.69 Å².